The first kappa shape index (κ1) is 7.80. The summed E-state index contributed by atoms with van der Waals surface area (Å²) in [6.45, 7) is -0.0150. The van der Waals surface area contributed by atoms with Gasteiger partial charge in [0.25, 0.3) is 0 Å². The van der Waals surface area contributed by atoms with E-state index in [1.54, 1.807) is 0 Å². The third-order valence-corrected chi connectivity index (χ3v) is 1.73. The minimum atomic E-state index is -3.20. The molecule has 0 radical (unpaired) electrons. The van der Waals surface area contributed by atoms with Crippen LogP contribution in [-0.2, 0) is 33.4 Å². The Balaban J connectivity index is 3.94. The fourth-order valence-electron chi connectivity index (χ4n) is 0.0874. The molecular weight excluding hydrogens is 152 g/mol. The molecule has 0 bridgehead atoms. The van der Waals surface area contributed by atoms with Crippen LogP contribution >= 0.6 is 0 Å². The lowest BCUT2D eigenvalue weighted by atomic mass is 11.7. The molecule has 0 heterocycles. The van der Waals surface area contributed by atoms with E-state index in [-0.39, 0.29) is 6.47 Å². The van der Waals surface area contributed by atoms with Crippen molar-refractivity contribution in [2.24, 2.45) is 0 Å². The molecule has 0 fully saturated rings. The first-order valence-electron chi connectivity index (χ1n) is 1.55. The minimum Gasteiger partial charge on any atom is -0.348 e. The molecular formula is C2H4O4S2. The maximum Gasteiger partial charge on any atom is 0.316 e. The number of carbonyl (C=O) groups is 1. The van der Waals surface area contributed by atoms with E-state index in [0.29, 0.717) is 0 Å². The maximum absolute atomic E-state index is 10.3. The fraction of sp³-hybridized carbons (Fsp3) is 0.500. The van der Waals surface area contributed by atoms with Gasteiger partial charge in [0.1, 0.15) is 0 Å². The molecule has 1 unspecified atom stereocenters. The van der Waals surface area contributed by atoms with Gasteiger partial charge in [0.2, 0.25) is 0 Å². The van der Waals surface area contributed by atoms with Gasteiger partial charge in [0.15, 0.2) is 0 Å². The Labute approximate surface area is 51.9 Å². The summed E-state index contributed by atoms with van der Waals surface area (Å²) in [6.07, 6.45) is 0. The van der Waals surface area contributed by atoms with Crippen LogP contribution < -0.4 is 0 Å². The van der Waals surface area contributed by atoms with Crippen molar-refractivity contribution in [3.8, 4) is 0 Å². The SMILES string of the molecule is COS(=O)(=S)OC=O. The van der Waals surface area contributed by atoms with Crippen molar-refractivity contribution < 1.29 is 17.4 Å². The highest BCUT2D eigenvalue weighted by molar-refractivity contribution is 8.27. The summed E-state index contributed by atoms with van der Waals surface area (Å²) in [7, 11) is -2.11. The van der Waals surface area contributed by atoms with Crippen LogP contribution in [-0.4, -0.2) is 17.8 Å². The summed E-state index contributed by atoms with van der Waals surface area (Å²) in [5.41, 5.74) is 0. The van der Waals surface area contributed by atoms with Crippen LogP contribution in [0.5, 0.6) is 0 Å². The Hall–Kier alpha value is -0.200. The molecule has 0 saturated heterocycles. The molecule has 0 amide bonds. The van der Waals surface area contributed by atoms with Crippen LogP contribution in [0.3, 0.4) is 0 Å². The second-order valence-corrected chi connectivity index (χ2v) is 3.33. The molecule has 0 aliphatic carbocycles. The van der Waals surface area contributed by atoms with E-state index >= 15 is 0 Å². The highest BCUT2D eigenvalue weighted by Crippen LogP contribution is 1.88. The third-order valence-electron chi connectivity index (χ3n) is 0.361. The van der Waals surface area contributed by atoms with Gasteiger partial charge < -0.3 is 4.18 Å². The summed E-state index contributed by atoms with van der Waals surface area (Å²) < 4.78 is 18.2. The molecule has 0 spiro atoms. The van der Waals surface area contributed by atoms with Crippen molar-refractivity contribution in [3.05, 3.63) is 0 Å². The molecule has 0 aliphatic heterocycles. The van der Waals surface area contributed by atoms with Crippen LogP contribution in [0.2, 0.25) is 0 Å². The number of carbonyl (C=O) groups excluding carboxylic acids is 1. The molecule has 0 aromatic heterocycles. The number of rotatable bonds is 3. The van der Waals surface area contributed by atoms with Gasteiger partial charge in [0.05, 0.1) is 18.3 Å². The molecule has 0 N–H and O–H groups in total. The molecule has 6 heteroatoms. The van der Waals surface area contributed by atoms with Gasteiger partial charge in [0, 0.05) is 0 Å². The third kappa shape index (κ3) is 2.89. The van der Waals surface area contributed by atoms with Gasteiger partial charge in [-0.25, -0.2) is 0 Å². The first-order chi connectivity index (χ1) is 3.62. The van der Waals surface area contributed by atoms with Gasteiger partial charge in [-0.3, -0.25) is 8.98 Å². The Kier molecular flexibility index (Phi) is 2.88. The van der Waals surface area contributed by atoms with Crippen LogP contribution in [0.4, 0.5) is 0 Å². The molecule has 0 saturated carbocycles. The lowest BCUT2D eigenvalue weighted by Crippen LogP contribution is -2.03. The van der Waals surface area contributed by atoms with E-state index in [9.17, 15) is 9.00 Å². The highest BCUT2D eigenvalue weighted by Gasteiger charge is 1.99. The van der Waals surface area contributed by atoms with Crippen LogP contribution in [0.1, 0.15) is 0 Å². The second-order valence-electron chi connectivity index (χ2n) is 0.767. The average molecular weight is 156 g/mol. The van der Waals surface area contributed by atoms with E-state index in [0.717, 1.165) is 7.11 Å². The van der Waals surface area contributed by atoms with Crippen molar-refractivity contribution >= 4 is 26.7 Å². The second kappa shape index (κ2) is 2.95. The average Bonchev–Trinajstić information content (AvgIpc) is 1.67. The molecule has 0 aromatic carbocycles. The van der Waals surface area contributed by atoms with Crippen LogP contribution in [0, 0.1) is 0 Å². The van der Waals surface area contributed by atoms with E-state index in [1.807, 2.05) is 0 Å². The smallest absolute Gasteiger partial charge is 0.316 e. The van der Waals surface area contributed by atoms with Crippen LogP contribution in [0.25, 0.3) is 0 Å². The zero-order chi connectivity index (χ0) is 6.62. The largest absolute Gasteiger partial charge is 0.348 e. The Morgan fingerprint density at radius 2 is 2.25 bits per heavy atom. The van der Waals surface area contributed by atoms with Crippen LogP contribution in [0.15, 0.2) is 0 Å². The Bertz CT molecular complexity index is 157. The van der Waals surface area contributed by atoms with Gasteiger partial charge in [-0.1, -0.05) is 0 Å². The molecule has 0 rings (SSSR count). The molecule has 48 valence electrons. The molecule has 0 aliphatic rings. The quantitative estimate of drug-likeness (QED) is 0.510. The zero-order valence-electron chi connectivity index (χ0n) is 4.03. The van der Waals surface area contributed by atoms with Crippen molar-refractivity contribution in [1.29, 1.82) is 0 Å². The van der Waals surface area contributed by atoms with Gasteiger partial charge in [-0.2, -0.15) is 4.21 Å². The molecule has 4 nitrogen and oxygen atoms in total. The standard InChI is InChI=1S/C2H4O4S2/c1-5-8(4,7)6-2-3/h2H,1H3. The topological polar surface area (TPSA) is 52.6 Å². The molecule has 8 heavy (non-hydrogen) atoms. The molecule has 0 aromatic rings. The van der Waals surface area contributed by atoms with E-state index in [2.05, 4.69) is 19.6 Å². The van der Waals surface area contributed by atoms with E-state index < -0.39 is 9.05 Å². The summed E-state index contributed by atoms with van der Waals surface area (Å²) >= 11 is 4.10. The Morgan fingerprint density at radius 1 is 1.75 bits per heavy atom. The highest BCUT2D eigenvalue weighted by atomic mass is 32.9. The predicted molar refractivity (Wildman–Crippen MR) is 29.7 cm³/mol. The number of hydrogen-bond acceptors (Lipinski definition) is 5. The van der Waals surface area contributed by atoms with Gasteiger partial charge in [-0.15, -0.1) is 0 Å². The first-order valence-corrected chi connectivity index (χ1v) is 3.88. The fourth-order valence-corrected chi connectivity index (χ4v) is 0.358. The summed E-state index contributed by atoms with van der Waals surface area (Å²) in [6, 6.07) is 0. The van der Waals surface area contributed by atoms with Crippen molar-refractivity contribution in [2.45, 2.75) is 0 Å². The molecule has 1 atom stereocenters. The zero-order valence-corrected chi connectivity index (χ0v) is 5.66. The Morgan fingerprint density at radius 3 is 2.38 bits per heavy atom. The van der Waals surface area contributed by atoms with Gasteiger partial charge in [-0.05, 0) is 0 Å². The normalized spacial score (nSPS) is 16.6. The van der Waals surface area contributed by atoms with Crippen molar-refractivity contribution in [3.63, 3.8) is 0 Å². The maximum atomic E-state index is 10.3. The van der Waals surface area contributed by atoms with Crippen molar-refractivity contribution in [2.75, 3.05) is 7.11 Å². The summed E-state index contributed by atoms with van der Waals surface area (Å²) in [5.74, 6) is 0. The number of hydrogen-bond donors (Lipinski definition) is 0. The lowest BCUT2D eigenvalue weighted by molar-refractivity contribution is -0.120. The van der Waals surface area contributed by atoms with Crippen molar-refractivity contribution in [1.82, 2.24) is 0 Å². The van der Waals surface area contributed by atoms with E-state index in [4.69, 9.17) is 0 Å². The minimum absolute atomic E-state index is 0.0150. The lowest BCUT2D eigenvalue weighted by Gasteiger charge is -1.96. The monoisotopic (exact) mass is 156 g/mol. The summed E-state index contributed by atoms with van der Waals surface area (Å²) in [4.78, 5) is 9.43. The van der Waals surface area contributed by atoms with Gasteiger partial charge >= 0.3 is 15.5 Å². The predicted octanol–water partition coefficient (Wildman–Crippen LogP) is -0.618. The van der Waals surface area contributed by atoms with E-state index in [1.165, 1.54) is 0 Å². The summed E-state index contributed by atoms with van der Waals surface area (Å²) in [5, 5.41) is 0.